The van der Waals surface area contributed by atoms with E-state index < -0.39 is 0 Å². The first-order chi connectivity index (χ1) is 14.8. The summed E-state index contributed by atoms with van der Waals surface area (Å²) in [6, 6.07) is 21.4. The number of aromatic amines is 1. The molecule has 0 unspecified atom stereocenters. The van der Waals surface area contributed by atoms with Crippen molar-refractivity contribution in [2.24, 2.45) is 0 Å². The molecule has 0 aliphatic heterocycles. The standard InChI is InChI=1S/C26H25N3O/c1-2-17-30-29-24(19-13-14-19)25-22-15-16-26(18-23(22)27-28-25,20-9-5-3-6-10-20)21-11-7-4-8-12-21/h2-12,15-16,29H,1,13-14,17-18H2,(H,27,28). The summed E-state index contributed by atoms with van der Waals surface area (Å²) in [6.07, 6.45) is 9.28. The number of allylic oxidation sites excluding steroid dienone is 2. The van der Waals surface area contributed by atoms with E-state index in [0.29, 0.717) is 6.61 Å². The molecule has 2 N–H and O–H groups in total. The molecule has 0 atom stereocenters. The lowest BCUT2D eigenvalue weighted by Gasteiger charge is -2.34. The number of rotatable bonds is 7. The Morgan fingerprint density at radius 2 is 1.73 bits per heavy atom. The van der Waals surface area contributed by atoms with Gasteiger partial charge in [-0.15, -0.1) is 6.58 Å². The number of H-pyrrole nitrogens is 1. The van der Waals surface area contributed by atoms with Gasteiger partial charge in [-0.3, -0.25) is 15.4 Å². The van der Waals surface area contributed by atoms with Crippen molar-refractivity contribution in [2.45, 2.75) is 24.7 Å². The van der Waals surface area contributed by atoms with E-state index in [1.54, 1.807) is 6.08 Å². The summed E-state index contributed by atoms with van der Waals surface area (Å²) in [5, 5.41) is 8.01. The summed E-state index contributed by atoms with van der Waals surface area (Å²) in [5.74, 6) is 0. The molecule has 2 aliphatic carbocycles. The van der Waals surface area contributed by atoms with Crippen molar-refractivity contribution in [2.75, 3.05) is 6.61 Å². The molecule has 0 amide bonds. The lowest BCUT2D eigenvalue weighted by atomic mass is 9.68. The molecule has 4 nitrogen and oxygen atoms in total. The Bertz CT molecular complexity index is 1060. The number of aromatic nitrogens is 2. The van der Waals surface area contributed by atoms with Crippen LogP contribution in [0.25, 0.3) is 11.8 Å². The van der Waals surface area contributed by atoms with E-state index >= 15 is 0 Å². The van der Waals surface area contributed by atoms with E-state index in [4.69, 9.17) is 4.84 Å². The zero-order valence-corrected chi connectivity index (χ0v) is 16.9. The Balaban J connectivity index is 1.56. The number of benzene rings is 2. The molecule has 0 radical (unpaired) electrons. The van der Waals surface area contributed by atoms with Crippen molar-refractivity contribution in [3.05, 3.63) is 113 Å². The zero-order valence-electron chi connectivity index (χ0n) is 16.9. The van der Waals surface area contributed by atoms with E-state index in [-0.39, 0.29) is 5.41 Å². The van der Waals surface area contributed by atoms with Gasteiger partial charge in [0.05, 0.1) is 12.3 Å². The monoisotopic (exact) mass is 395 g/mol. The van der Waals surface area contributed by atoms with Gasteiger partial charge in [0.1, 0.15) is 5.69 Å². The SMILES string of the molecule is C=CCONC(=C1CC1)c1n[nH]c2c1C=CC(c1ccccc1)(c1ccccc1)C2. The molecule has 1 fully saturated rings. The summed E-state index contributed by atoms with van der Waals surface area (Å²) in [4.78, 5) is 5.54. The van der Waals surface area contributed by atoms with Gasteiger partial charge in [-0.25, -0.2) is 0 Å². The van der Waals surface area contributed by atoms with Crippen molar-refractivity contribution in [3.8, 4) is 0 Å². The topological polar surface area (TPSA) is 49.9 Å². The summed E-state index contributed by atoms with van der Waals surface area (Å²) >= 11 is 0. The Kier molecular flexibility index (Phi) is 4.85. The first-order valence-corrected chi connectivity index (χ1v) is 10.4. The van der Waals surface area contributed by atoms with Crippen LogP contribution in [0, 0.1) is 0 Å². The maximum Gasteiger partial charge on any atom is 0.118 e. The van der Waals surface area contributed by atoms with Crippen LogP contribution in [0.4, 0.5) is 0 Å². The molecule has 5 rings (SSSR count). The first-order valence-electron chi connectivity index (χ1n) is 10.4. The summed E-state index contributed by atoms with van der Waals surface area (Å²) < 4.78 is 0. The van der Waals surface area contributed by atoms with Crippen LogP contribution in [0.1, 0.15) is 40.9 Å². The third kappa shape index (κ3) is 3.29. The number of nitrogens with zero attached hydrogens (tertiary/aromatic N) is 1. The number of nitrogens with one attached hydrogen (secondary N) is 2. The molecule has 150 valence electrons. The van der Waals surface area contributed by atoms with Crippen molar-refractivity contribution in [3.63, 3.8) is 0 Å². The lowest BCUT2D eigenvalue weighted by Crippen LogP contribution is -2.30. The summed E-state index contributed by atoms with van der Waals surface area (Å²) in [7, 11) is 0. The van der Waals surface area contributed by atoms with Gasteiger partial charge in [0, 0.05) is 23.1 Å². The third-order valence-corrected chi connectivity index (χ3v) is 5.92. The normalized spacial score (nSPS) is 16.1. The van der Waals surface area contributed by atoms with Crippen LogP contribution in [0.5, 0.6) is 0 Å². The minimum absolute atomic E-state index is 0.223. The minimum atomic E-state index is -0.223. The van der Waals surface area contributed by atoms with Gasteiger partial charge in [0.25, 0.3) is 0 Å². The second-order valence-electron chi connectivity index (χ2n) is 7.86. The van der Waals surface area contributed by atoms with Gasteiger partial charge in [0.15, 0.2) is 0 Å². The maximum atomic E-state index is 5.54. The molecule has 30 heavy (non-hydrogen) atoms. The van der Waals surface area contributed by atoms with Crippen molar-refractivity contribution < 1.29 is 4.84 Å². The third-order valence-electron chi connectivity index (χ3n) is 5.92. The maximum absolute atomic E-state index is 5.54. The molecule has 1 saturated carbocycles. The van der Waals surface area contributed by atoms with Crippen molar-refractivity contribution >= 4 is 11.8 Å². The van der Waals surface area contributed by atoms with Crippen LogP contribution in [0.3, 0.4) is 0 Å². The van der Waals surface area contributed by atoms with E-state index in [0.717, 1.165) is 41.9 Å². The smallest absolute Gasteiger partial charge is 0.118 e. The predicted molar refractivity (Wildman–Crippen MR) is 120 cm³/mol. The van der Waals surface area contributed by atoms with Crippen molar-refractivity contribution in [1.29, 1.82) is 0 Å². The zero-order chi connectivity index (χ0) is 20.4. The van der Waals surface area contributed by atoms with E-state index in [1.165, 1.54) is 16.7 Å². The van der Waals surface area contributed by atoms with Gasteiger partial charge < -0.3 is 0 Å². The Hall–Kier alpha value is -3.37. The second-order valence-corrected chi connectivity index (χ2v) is 7.86. The fourth-order valence-corrected chi connectivity index (χ4v) is 4.26. The Labute approximate surface area is 176 Å². The fraction of sp³-hybridized carbons (Fsp3) is 0.192. The fourth-order valence-electron chi connectivity index (χ4n) is 4.26. The molecule has 4 heteroatoms. The highest BCUT2D eigenvalue weighted by Crippen LogP contribution is 2.43. The molecule has 1 aromatic heterocycles. The van der Waals surface area contributed by atoms with E-state index in [1.807, 2.05) is 0 Å². The molecule has 3 aromatic rings. The van der Waals surface area contributed by atoms with Gasteiger partial charge in [-0.05, 0) is 29.5 Å². The molecule has 0 spiro atoms. The molecule has 2 aromatic carbocycles. The van der Waals surface area contributed by atoms with E-state index in [2.05, 4.69) is 95.1 Å². The number of hydrogen-bond acceptors (Lipinski definition) is 3. The largest absolute Gasteiger partial charge is 0.281 e. The highest BCUT2D eigenvalue weighted by atomic mass is 16.6. The molecular weight excluding hydrogens is 370 g/mol. The van der Waals surface area contributed by atoms with Crippen LogP contribution in [0.15, 0.2) is 85.0 Å². The van der Waals surface area contributed by atoms with E-state index in [9.17, 15) is 0 Å². The number of hydrogen-bond donors (Lipinski definition) is 2. The summed E-state index contributed by atoms with van der Waals surface area (Å²) in [5.41, 5.74) is 11.0. The highest BCUT2D eigenvalue weighted by Gasteiger charge is 2.37. The first kappa shape index (κ1) is 18.6. The average Bonchev–Trinajstić information content (AvgIpc) is 3.57. The molecular formula is C26H25N3O. The molecule has 0 bridgehead atoms. The van der Waals surface area contributed by atoms with Crippen LogP contribution >= 0.6 is 0 Å². The van der Waals surface area contributed by atoms with Crippen LogP contribution < -0.4 is 5.48 Å². The Morgan fingerprint density at radius 3 is 2.33 bits per heavy atom. The van der Waals surface area contributed by atoms with Crippen LogP contribution in [0.2, 0.25) is 0 Å². The molecule has 1 heterocycles. The van der Waals surface area contributed by atoms with Crippen LogP contribution in [-0.2, 0) is 16.7 Å². The molecule has 2 aliphatic rings. The lowest BCUT2D eigenvalue weighted by molar-refractivity contribution is 0.103. The quantitative estimate of drug-likeness (QED) is 0.329. The van der Waals surface area contributed by atoms with Gasteiger partial charge in [-0.2, -0.15) is 5.10 Å². The Morgan fingerprint density at radius 1 is 1.07 bits per heavy atom. The number of fused-ring (bicyclic) bond motifs is 1. The average molecular weight is 396 g/mol. The second kappa shape index (κ2) is 7.81. The van der Waals surface area contributed by atoms with Crippen LogP contribution in [-0.4, -0.2) is 16.8 Å². The highest BCUT2D eigenvalue weighted by molar-refractivity contribution is 5.77. The van der Waals surface area contributed by atoms with Gasteiger partial charge in [0.2, 0.25) is 0 Å². The number of hydroxylamine groups is 1. The summed E-state index contributed by atoms with van der Waals surface area (Å²) in [6.45, 7) is 4.16. The van der Waals surface area contributed by atoms with Gasteiger partial charge >= 0.3 is 0 Å². The minimum Gasteiger partial charge on any atom is -0.281 e. The molecule has 0 saturated heterocycles. The van der Waals surface area contributed by atoms with Crippen molar-refractivity contribution in [1.82, 2.24) is 15.7 Å². The predicted octanol–water partition coefficient (Wildman–Crippen LogP) is 5.18. The van der Waals surface area contributed by atoms with Gasteiger partial charge in [-0.1, -0.05) is 78.9 Å².